The summed E-state index contributed by atoms with van der Waals surface area (Å²) in [5.41, 5.74) is 2.17. The number of imidazole rings is 1. The van der Waals surface area contributed by atoms with Gasteiger partial charge in [0.1, 0.15) is 0 Å². The number of hydrogen-bond acceptors (Lipinski definition) is 3. The highest BCUT2D eigenvalue weighted by Gasteiger charge is 2.12. The van der Waals surface area contributed by atoms with Crippen LogP contribution in [0.15, 0.2) is 6.33 Å². The second kappa shape index (κ2) is 4.44. The molecule has 1 aliphatic heterocycles. The third-order valence-electron chi connectivity index (χ3n) is 2.58. The number of hydrogen-bond donors (Lipinski definition) is 2. The van der Waals surface area contributed by atoms with Crippen LogP contribution >= 0.6 is 0 Å². The maximum Gasteiger partial charge on any atom is 0.217 e. The van der Waals surface area contributed by atoms with Crippen LogP contribution in [0.3, 0.4) is 0 Å². The zero-order chi connectivity index (χ0) is 10.7. The number of nitrogens with zero attached hydrogens (tertiary/aromatic N) is 2. The molecule has 0 saturated carbocycles. The Morgan fingerprint density at radius 3 is 3.40 bits per heavy atom. The summed E-state index contributed by atoms with van der Waals surface area (Å²) in [5, 5.41) is 6.12. The van der Waals surface area contributed by atoms with Gasteiger partial charge in [-0.3, -0.25) is 4.79 Å². The minimum atomic E-state index is -0.0154. The summed E-state index contributed by atoms with van der Waals surface area (Å²) in [6, 6.07) is 0. The monoisotopic (exact) mass is 208 g/mol. The minimum Gasteiger partial charge on any atom is -0.351 e. The summed E-state index contributed by atoms with van der Waals surface area (Å²) >= 11 is 0. The fraction of sp³-hybridized carbons (Fsp3) is 0.600. The van der Waals surface area contributed by atoms with Crippen molar-refractivity contribution in [1.29, 1.82) is 0 Å². The van der Waals surface area contributed by atoms with Gasteiger partial charge < -0.3 is 15.2 Å². The smallest absolute Gasteiger partial charge is 0.217 e. The lowest BCUT2D eigenvalue weighted by atomic mass is 10.3. The summed E-state index contributed by atoms with van der Waals surface area (Å²) in [6.07, 6.45) is 2.99. The number of amides is 1. The number of nitrogens with one attached hydrogen (secondary N) is 2. The molecule has 0 bridgehead atoms. The van der Waals surface area contributed by atoms with Gasteiger partial charge >= 0.3 is 0 Å². The van der Waals surface area contributed by atoms with Gasteiger partial charge in [0, 0.05) is 20.0 Å². The standard InChI is InChI=1S/C10H16N4O/c1-8(15)12-5-9-10-6-11-3-2-4-14(10)7-13-9/h7,11H,2-6H2,1H3,(H,12,15). The molecule has 0 aliphatic carbocycles. The summed E-state index contributed by atoms with van der Waals surface area (Å²) in [5.74, 6) is -0.0154. The summed E-state index contributed by atoms with van der Waals surface area (Å²) < 4.78 is 2.16. The van der Waals surface area contributed by atoms with Crippen LogP contribution in [0.2, 0.25) is 0 Å². The van der Waals surface area contributed by atoms with E-state index in [4.69, 9.17) is 0 Å². The molecule has 1 amide bonds. The van der Waals surface area contributed by atoms with Gasteiger partial charge in [-0.1, -0.05) is 0 Å². The molecule has 1 aromatic rings. The number of rotatable bonds is 2. The SMILES string of the molecule is CC(=O)NCc1ncn2c1CNCCC2. The van der Waals surface area contributed by atoms with Crippen LogP contribution in [-0.2, 0) is 24.4 Å². The first-order valence-electron chi connectivity index (χ1n) is 5.25. The molecule has 5 heteroatoms. The normalized spacial score (nSPS) is 15.5. The van der Waals surface area contributed by atoms with Crippen molar-refractivity contribution in [1.82, 2.24) is 20.2 Å². The van der Waals surface area contributed by atoms with Gasteiger partial charge in [0.2, 0.25) is 5.91 Å². The second-order valence-electron chi connectivity index (χ2n) is 3.77. The Morgan fingerprint density at radius 1 is 1.73 bits per heavy atom. The van der Waals surface area contributed by atoms with Crippen LogP contribution in [-0.4, -0.2) is 22.0 Å². The van der Waals surface area contributed by atoms with Crippen molar-refractivity contribution in [2.45, 2.75) is 33.0 Å². The Morgan fingerprint density at radius 2 is 2.60 bits per heavy atom. The lowest BCUT2D eigenvalue weighted by Gasteiger charge is -2.05. The van der Waals surface area contributed by atoms with E-state index >= 15 is 0 Å². The van der Waals surface area contributed by atoms with Crippen molar-refractivity contribution in [2.24, 2.45) is 0 Å². The Labute approximate surface area is 88.9 Å². The first-order chi connectivity index (χ1) is 7.27. The summed E-state index contributed by atoms with van der Waals surface area (Å²) in [7, 11) is 0. The molecule has 0 atom stereocenters. The van der Waals surface area contributed by atoms with Crippen LogP contribution in [0.4, 0.5) is 0 Å². The lowest BCUT2D eigenvalue weighted by Crippen LogP contribution is -2.21. The largest absolute Gasteiger partial charge is 0.351 e. The predicted octanol–water partition coefficient (Wildman–Crippen LogP) is 0.0125. The number of aromatic nitrogens is 2. The lowest BCUT2D eigenvalue weighted by molar-refractivity contribution is -0.119. The van der Waals surface area contributed by atoms with Crippen molar-refractivity contribution in [2.75, 3.05) is 6.54 Å². The third kappa shape index (κ3) is 2.36. The van der Waals surface area contributed by atoms with E-state index in [9.17, 15) is 4.79 Å². The molecule has 15 heavy (non-hydrogen) atoms. The Kier molecular flexibility index (Phi) is 3.01. The summed E-state index contributed by atoms with van der Waals surface area (Å²) in [4.78, 5) is 15.1. The summed E-state index contributed by atoms with van der Waals surface area (Å²) in [6.45, 7) is 4.94. The molecule has 1 aromatic heterocycles. The van der Waals surface area contributed by atoms with E-state index in [1.807, 2.05) is 6.33 Å². The minimum absolute atomic E-state index is 0.0154. The highest BCUT2D eigenvalue weighted by Crippen LogP contribution is 2.10. The van der Waals surface area contributed by atoms with Gasteiger partial charge in [-0.25, -0.2) is 4.98 Å². The third-order valence-corrected chi connectivity index (χ3v) is 2.58. The van der Waals surface area contributed by atoms with Gasteiger partial charge in [0.05, 0.1) is 24.3 Å². The number of carbonyl (C=O) groups excluding carboxylic acids is 1. The molecule has 0 unspecified atom stereocenters. The van der Waals surface area contributed by atoms with Gasteiger partial charge in [-0.15, -0.1) is 0 Å². The predicted molar refractivity (Wildman–Crippen MR) is 56.1 cm³/mol. The Bertz CT molecular complexity index is 358. The molecule has 0 aromatic carbocycles. The molecule has 5 nitrogen and oxygen atoms in total. The fourth-order valence-electron chi connectivity index (χ4n) is 1.78. The van der Waals surface area contributed by atoms with Crippen LogP contribution < -0.4 is 10.6 Å². The quantitative estimate of drug-likeness (QED) is 0.720. The van der Waals surface area contributed by atoms with E-state index in [1.54, 1.807) is 0 Å². The van der Waals surface area contributed by atoms with Crippen molar-refractivity contribution in [3.63, 3.8) is 0 Å². The molecule has 1 aliphatic rings. The van der Waals surface area contributed by atoms with Crippen molar-refractivity contribution in [3.05, 3.63) is 17.7 Å². The number of aryl methyl sites for hydroxylation is 1. The maximum absolute atomic E-state index is 10.8. The van der Waals surface area contributed by atoms with Crippen LogP contribution in [0.1, 0.15) is 24.7 Å². The molecular weight excluding hydrogens is 192 g/mol. The fourth-order valence-corrected chi connectivity index (χ4v) is 1.78. The number of carbonyl (C=O) groups is 1. The highest BCUT2D eigenvalue weighted by atomic mass is 16.1. The molecule has 0 spiro atoms. The molecule has 82 valence electrons. The van der Waals surface area contributed by atoms with E-state index in [0.29, 0.717) is 6.54 Å². The average molecular weight is 208 g/mol. The van der Waals surface area contributed by atoms with Crippen molar-refractivity contribution < 1.29 is 4.79 Å². The maximum atomic E-state index is 10.8. The molecular formula is C10H16N4O. The molecule has 2 N–H and O–H groups in total. The Hall–Kier alpha value is -1.36. The van der Waals surface area contributed by atoms with Crippen LogP contribution in [0.5, 0.6) is 0 Å². The Balaban J connectivity index is 2.11. The van der Waals surface area contributed by atoms with Gasteiger partial charge in [-0.2, -0.15) is 0 Å². The molecule has 0 fully saturated rings. The van der Waals surface area contributed by atoms with Crippen molar-refractivity contribution in [3.8, 4) is 0 Å². The molecule has 0 radical (unpaired) electrons. The van der Waals surface area contributed by atoms with E-state index in [0.717, 1.165) is 31.7 Å². The van der Waals surface area contributed by atoms with E-state index in [-0.39, 0.29) is 5.91 Å². The van der Waals surface area contributed by atoms with Crippen LogP contribution in [0.25, 0.3) is 0 Å². The molecule has 2 rings (SSSR count). The topological polar surface area (TPSA) is 59.0 Å². The highest BCUT2D eigenvalue weighted by molar-refractivity contribution is 5.72. The van der Waals surface area contributed by atoms with Crippen LogP contribution in [0, 0.1) is 0 Å². The van der Waals surface area contributed by atoms with E-state index in [1.165, 1.54) is 12.6 Å². The number of fused-ring (bicyclic) bond motifs is 1. The van der Waals surface area contributed by atoms with Gasteiger partial charge in [-0.05, 0) is 13.0 Å². The zero-order valence-electron chi connectivity index (χ0n) is 8.92. The van der Waals surface area contributed by atoms with E-state index in [2.05, 4.69) is 20.2 Å². The zero-order valence-corrected chi connectivity index (χ0v) is 8.92. The average Bonchev–Trinajstić information content (AvgIpc) is 2.44. The second-order valence-corrected chi connectivity index (χ2v) is 3.77. The molecule has 0 saturated heterocycles. The first kappa shape index (κ1) is 10.2. The van der Waals surface area contributed by atoms with Crippen molar-refractivity contribution >= 4 is 5.91 Å². The van der Waals surface area contributed by atoms with E-state index < -0.39 is 0 Å². The van der Waals surface area contributed by atoms with Gasteiger partial charge in [0.15, 0.2) is 0 Å². The molecule has 2 heterocycles. The first-order valence-corrected chi connectivity index (χ1v) is 5.25. The van der Waals surface area contributed by atoms with Gasteiger partial charge in [0.25, 0.3) is 0 Å².